The van der Waals surface area contributed by atoms with Crippen LogP contribution in [0.4, 0.5) is 16.3 Å². The smallest absolute Gasteiger partial charge is 0.315 e. The van der Waals surface area contributed by atoms with Crippen LogP contribution in [-0.4, -0.2) is 39.7 Å². The Hall–Kier alpha value is -3.81. The van der Waals surface area contributed by atoms with Crippen molar-refractivity contribution in [1.29, 1.82) is 0 Å². The van der Waals surface area contributed by atoms with Gasteiger partial charge in [0, 0.05) is 17.1 Å². The molecule has 1 aromatic heterocycles. The molecule has 0 aliphatic rings. The van der Waals surface area contributed by atoms with E-state index in [1.54, 1.807) is 22.9 Å². The van der Waals surface area contributed by atoms with Gasteiger partial charge in [0.2, 0.25) is 5.91 Å². The fraction of sp³-hybridized carbons (Fsp3) is 0.233. The lowest BCUT2D eigenvalue weighted by molar-refractivity contribution is -0.116. The number of halogens is 2. The minimum Gasteiger partial charge on any atom is -0.315 e. The minimum absolute atomic E-state index is 0.129. The third-order valence-electron chi connectivity index (χ3n) is 6.04. The number of nitrogens with zero attached hydrogens (tertiary/aromatic N) is 3. The summed E-state index contributed by atoms with van der Waals surface area (Å²) in [6.07, 6.45) is 0. The normalized spacial score (nSPS) is 10.9. The zero-order chi connectivity index (χ0) is 28.1. The molecular weight excluding hydrogens is 533 g/mol. The Morgan fingerprint density at radius 2 is 1.64 bits per heavy atom. The average molecular weight is 565 g/mol. The summed E-state index contributed by atoms with van der Waals surface area (Å²) in [5.41, 5.74) is 4.86. The number of urea groups is 1. The van der Waals surface area contributed by atoms with Gasteiger partial charge in [0.1, 0.15) is 12.4 Å². The molecule has 9 heteroatoms. The van der Waals surface area contributed by atoms with Crippen LogP contribution in [0.1, 0.15) is 25.1 Å². The second-order valence-corrected chi connectivity index (χ2v) is 10.6. The summed E-state index contributed by atoms with van der Waals surface area (Å²) in [6, 6.07) is 22.1. The molecule has 0 fully saturated rings. The van der Waals surface area contributed by atoms with Gasteiger partial charge >= 0.3 is 6.03 Å². The molecule has 0 aliphatic heterocycles. The van der Waals surface area contributed by atoms with Crippen LogP contribution in [0.5, 0.6) is 0 Å². The molecule has 0 aliphatic carbocycles. The van der Waals surface area contributed by atoms with Gasteiger partial charge in [0.15, 0.2) is 0 Å². The van der Waals surface area contributed by atoms with Crippen LogP contribution in [0.15, 0.2) is 72.8 Å². The van der Waals surface area contributed by atoms with Crippen LogP contribution >= 0.6 is 23.2 Å². The van der Waals surface area contributed by atoms with Crippen molar-refractivity contribution < 1.29 is 9.59 Å². The number of benzene rings is 3. The third-order valence-corrected chi connectivity index (χ3v) is 6.59. The standard InChI is InChI=1S/C30H31Cl2N5O2/c1-19(2)17-36(30(39)33-26-15-12-23(31)16-25(26)32)18-27(38)34-29-28(22-8-6-5-7-9-22)21(4)35-37(29)24-13-10-20(3)11-14-24/h5-16,19H,17-18H2,1-4H3,(H,33,39)(H,34,38). The maximum absolute atomic E-state index is 13.5. The molecule has 3 aromatic carbocycles. The van der Waals surface area contributed by atoms with Gasteiger partial charge in [-0.3, -0.25) is 4.79 Å². The predicted octanol–water partition coefficient (Wildman–Crippen LogP) is 7.59. The Bertz CT molecular complexity index is 1470. The molecule has 39 heavy (non-hydrogen) atoms. The van der Waals surface area contributed by atoms with Crippen molar-refractivity contribution in [3.63, 3.8) is 0 Å². The second kappa shape index (κ2) is 12.4. The van der Waals surface area contributed by atoms with Gasteiger partial charge in [-0.25, -0.2) is 9.48 Å². The summed E-state index contributed by atoms with van der Waals surface area (Å²) in [6.45, 7) is 8.10. The molecule has 0 saturated carbocycles. The molecule has 1 heterocycles. The molecule has 0 spiro atoms. The van der Waals surface area contributed by atoms with E-state index < -0.39 is 6.03 Å². The fourth-order valence-electron chi connectivity index (χ4n) is 4.26. The zero-order valence-electron chi connectivity index (χ0n) is 22.3. The number of hydrogen-bond acceptors (Lipinski definition) is 3. The number of hydrogen-bond donors (Lipinski definition) is 2. The quantitative estimate of drug-likeness (QED) is 0.231. The molecule has 4 rings (SSSR count). The molecular formula is C30H31Cl2N5O2. The van der Waals surface area contributed by atoms with Crippen LogP contribution in [-0.2, 0) is 4.79 Å². The highest BCUT2D eigenvalue weighted by atomic mass is 35.5. The average Bonchev–Trinajstić information content (AvgIpc) is 3.21. The van der Waals surface area contributed by atoms with Crippen molar-refractivity contribution in [2.45, 2.75) is 27.7 Å². The molecule has 0 saturated heterocycles. The number of rotatable bonds is 8. The van der Waals surface area contributed by atoms with Crippen LogP contribution < -0.4 is 10.6 Å². The van der Waals surface area contributed by atoms with Gasteiger partial charge in [-0.05, 0) is 55.7 Å². The van der Waals surface area contributed by atoms with Gasteiger partial charge in [0.25, 0.3) is 0 Å². The number of aryl methyl sites for hydroxylation is 2. The molecule has 3 amide bonds. The third kappa shape index (κ3) is 6.99. The summed E-state index contributed by atoms with van der Waals surface area (Å²) in [5.74, 6) is 0.320. The van der Waals surface area contributed by atoms with Gasteiger partial charge in [-0.1, -0.05) is 85.1 Å². The Morgan fingerprint density at radius 3 is 2.28 bits per heavy atom. The van der Waals surface area contributed by atoms with Crippen molar-refractivity contribution in [2.24, 2.45) is 5.92 Å². The van der Waals surface area contributed by atoms with Crippen LogP contribution in [0.3, 0.4) is 0 Å². The van der Waals surface area contributed by atoms with E-state index in [4.69, 9.17) is 28.3 Å². The highest BCUT2D eigenvalue weighted by Crippen LogP contribution is 2.33. The summed E-state index contributed by atoms with van der Waals surface area (Å²) in [4.78, 5) is 28.2. The van der Waals surface area contributed by atoms with E-state index in [0.29, 0.717) is 28.1 Å². The van der Waals surface area contributed by atoms with E-state index in [9.17, 15) is 9.59 Å². The molecule has 0 radical (unpaired) electrons. The molecule has 0 atom stereocenters. The first-order chi connectivity index (χ1) is 18.6. The zero-order valence-corrected chi connectivity index (χ0v) is 23.8. The maximum atomic E-state index is 13.5. The number of nitrogens with one attached hydrogen (secondary N) is 2. The van der Waals surface area contributed by atoms with Crippen molar-refractivity contribution in [3.05, 3.63) is 94.1 Å². The lowest BCUT2D eigenvalue weighted by atomic mass is 10.1. The molecule has 0 bridgehead atoms. The Labute approximate surface area is 238 Å². The van der Waals surface area contributed by atoms with Crippen molar-refractivity contribution in [1.82, 2.24) is 14.7 Å². The van der Waals surface area contributed by atoms with Crippen LogP contribution in [0.25, 0.3) is 16.8 Å². The van der Waals surface area contributed by atoms with E-state index >= 15 is 0 Å². The first kappa shape index (κ1) is 28.2. The van der Waals surface area contributed by atoms with Crippen LogP contribution in [0, 0.1) is 19.8 Å². The Morgan fingerprint density at radius 1 is 0.949 bits per heavy atom. The molecule has 0 unspecified atom stereocenters. The molecule has 4 aromatic rings. The van der Waals surface area contributed by atoms with E-state index in [1.165, 1.54) is 4.90 Å². The molecule has 2 N–H and O–H groups in total. The monoisotopic (exact) mass is 563 g/mol. The van der Waals surface area contributed by atoms with Crippen molar-refractivity contribution in [3.8, 4) is 16.8 Å². The number of aromatic nitrogens is 2. The summed E-state index contributed by atoms with van der Waals surface area (Å²) in [7, 11) is 0. The van der Waals surface area contributed by atoms with Gasteiger partial charge < -0.3 is 15.5 Å². The second-order valence-electron chi connectivity index (χ2n) is 9.80. The topological polar surface area (TPSA) is 79.3 Å². The number of anilines is 2. The van der Waals surface area contributed by atoms with E-state index in [1.807, 2.05) is 82.3 Å². The minimum atomic E-state index is -0.436. The van der Waals surface area contributed by atoms with Gasteiger partial charge in [0.05, 0.1) is 22.1 Å². The van der Waals surface area contributed by atoms with Crippen molar-refractivity contribution >= 4 is 46.6 Å². The number of carbonyl (C=O) groups is 2. The number of carbonyl (C=O) groups excluding carboxylic acids is 2. The number of amides is 3. The lowest BCUT2D eigenvalue weighted by Crippen LogP contribution is -2.42. The van der Waals surface area contributed by atoms with E-state index in [0.717, 1.165) is 28.1 Å². The highest BCUT2D eigenvalue weighted by Gasteiger charge is 2.24. The van der Waals surface area contributed by atoms with Crippen LogP contribution in [0.2, 0.25) is 10.0 Å². The van der Waals surface area contributed by atoms with Gasteiger partial charge in [-0.15, -0.1) is 0 Å². The first-order valence-corrected chi connectivity index (χ1v) is 13.4. The van der Waals surface area contributed by atoms with Gasteiger partial charge in [-0.2, -0.15) is 5.10 Å². The highest BCUT2D eigenvalue weighted by molar-refractivity contribution is 6.36. The summed E-state index contributed by atoms with van der Waals surface area (Å²) >= 11 is 12.2. The Balaban J connectivity index is 1.63. The summed E-state index contributed by atoms with van der Waals surface area (Å²) < 4.78 is 1.73. The molecule has 202 valence electrons. The molecule has 7 nitrogen and oxygen atoms in total. The fourth-order valence-corrected chi connectivity index (χ4v) is 4.71. The van der Waals surface area contributed by atoms with E-state index in [-0.39, 0.29) is 18.4 Å². The Kier molecular flexibility index (Phi) is 8.94. The van der Waals surface area contributed by atoms with Crippen molar-refractivity contribution in [2.75, 3.05) is 23.7 Å². The van der Waals surface area contributed by atoms with E-state index in [2.05, 4.69) is 10.6 Å². The maximum Gasteiger partial charge on any atom is 0.322 e. The lowest BCUT2D eigenvalue weighted by Gasteiger charge is -2.25. The summed E-state index contributed by atoms with van der Waals surface area (Å²) in [5, 5.41) is 11.4. The predicted molar refractivity (Wildman–Crippen MR) is 159 cm³/mol. The largest absolute Gasteiger partial charge is 0.322 e. The SMILES string of the molecule is Cc1ccc(-n2nc(C)c(-c3ccccc3)c2NC(=O)CN(CC(C)C)C(=O)Nc2ccc(Cl)cc2Cl)cc1. The first-order valence-electron chi connectivity index (χ1n) is 12.6.